The number of methoxy groups -OCH3 is 1. The molecular formula is C7H12O4. The van der Waals surface area contributed by atoms with Gasteiger partial charge >= 0.3 is 0 Å². The normalized spacial score (nSPS) is 32.4. The van der Waals surface area contributed by atoms with Crippen LogP contribution >= 0.6 is 0 Å². The summed E-state index contributed by atoms with van der Waals surface area (Å²) >= 11 is 0. The predicted molar refractivity (Wildman–Crippen MR) is 37.0 cm³/mol. The first-order chi connectivity index (χ1) is 5.27. The zero-order valence-corrected chi connectivity index (χ0v) is 6.45. The van der Waals surface area contributed by atoms with E-state index in [-0.39, 0.29) is 18.5 Å². The highest BCUT2D eigenvalue weighted by atomic mass is 16.7. The monoisotopic (exact) mass is 160 g/mol. The third-order valence-electron chi connectivity index (χ3n) is 1.71. The quantitative estimate of drug-likeness (QED) is 0.602. The molecule has 0 aromatic heterocycles. The summed E-state index contributed by atoms with van der Waals surface area (Å²) in [7, 11) is 1.42. The molecule has 0 saturated carbocycles. The lowest BCUT2D eigenvalue weighted by Crippen LogP contribution is -2.38. The first-order valence-electron chi connectivity index (χ1n) is 3.59. The van der Waals surface area contributed by atoms with E-state index in [1.807, 2.05) is 0 Å². The van der Waals surface area contributed by atoms with E-state index in [0.717, 1.165) is 0 Å². The number of hydrogen-bond acceptors (Lipinski definition) is 4. The van der Waals surface area contributed by atoms with Crippen molar-refractivity contribution in [1.29, 1.82) is 0 Å². The van der Waals surface area contributed by atoms with Crippen LogP contribution in [0.5, 0.6) is 0 Å². The molecule has 1 aliphatic rings. The van der Waals surface area contributed by atoms with Gasteiger partial charge < -0.3 is 14.6 Å². The SMILES string of the molecule is CO[C@@H]1O[C@@H](CO)CCC1=O. The first kappa shape index (κ1) is 8.64. The summed E-state index contributed by atoms with van der Waals surface area (Å²) in [5, 5.41) is 8.70. The Morgan fingerprint density at radius 1 is 1.82 bits per heavy atom. The number of Topliss-reactive ketones (excluding diaryl/α,β-unsaturated/α-hetero) is 1. The molecule has 0 amide bonds. The number of carbonyl (C=O) groups excluding carboxylic acids is 1. The summed E-state index contributed by atoms with van der Waals surface area (Å²) in [5.41, 5.74) is 0. The van der Waals surface area contributed by atoms with Crippen molar-refractivity contribution in [3.63, 3.8) is 0 Å². The van der Waals surface area contributed by atoms with Crippen LogP contribution in [-0.4, -0.2) is 37.0 Å². The van der Waals surface area contributed by atoms with E-state index in [1.165, 1.54) is 7.11 Å². The summed E-state index contributed by atoms with van der Waals surface area (Å²) in [4.78, 5) is 11.0. The van der Waals surface area contributed by atoms with Crippen LogP contribution in [0.1, 0.15) is 12.8 Å². The van der Waals surface area contributed by atoms with Gasteiger partial charge in [-0.05, 0) is 6.42 Å². The molecule has 1 N–H and O–H groups in total. The van der Waals surface area contributed by atoms with Crippen LogP contribution in [0.15, 0.2) is 0 Å². The number of rotatable bonds is 2. The Hall–Kier alpha value is -0.450. The minimum atomic E-state index is -0.763. The lowest BCUT2D eigenvalue weighted by Gasteiger charge is -2.26. The van der Waals surface area contributed by atoms with Crippen molar-refractivity contribution in [2.75, 3.05) is 13.7 Å². The van der Waals surface area contributed by atoms with Crippen molar-refractivity contribution >= 4 is 5.78 Å². The minimum Gasteiger partial charge on any atom is -0.394 e. The van der Waals surface area contributed by atoms with Gasteiger partial charge in [0.25, 0.3) is 0 Å². The van der Waals surface area contributed by atoms with Crippen LogP contribution in [0.3, 0.4) is 0 Å². The molecule has 0 radical (unpaired) electrons. The Balaban J connectivity index is 2.44. The fourth-order valence-electron chi connectivity index (χ4n) is 1.06. The summed E-state index contributed by atoms with van der Waals surface area (Å²) in [5.74, 6) is -0.0443. The van der Waals surface area contributed by atoms with Crippen LogP contribution in [0.4, 0.5) is 0 Å². The summed E-state index contributed by atoms with van der Waals surface area (Å²) in [6, 6.07) is 0. The molecule has 11 heavy (non-hydrogen) atoms. The average molecular weight is 160 g/mol. The second kappa shape index (κ2) is 3.80. The second-order valence-corrected chi connectivity index (χ2v) is 2.51. The van der Waals surface area contributed by atoms with Gasteiger partial charge in [-0.25, -0.2) is 0 Å². The van der Waals surface area contributed by atoms with Crippen LogP contribution in [0.25, 0.3) is 0 Å². The van der Waals surface area contributed by atoms with Crippen molar-refractivity contribution in [3.8, 4) is 0 Å². The molecule has 1 fully saturated rings. The van der Waals surface area contributed by atoms with Crippen molar-refractivity contribution in [1.82, 2.24) is 0 Å². The Bertz CT molecular complexity index is 145. The van der Waals surface area contributed by atoms with E-state index in [1.54, 1.807) is 0 Å². The molecule has 0 spiro atoms. The zero-order valence-electron chi connectivity index (χ0n) is 6.45. The fraction of sp³-hybridized carbons (Fsp3) is 0.857. The second-order valence-electron chi connectivity index (χ2n) is 2.51. The number of ketones is 1. The minimum absolute atomic E-state index is 0.0443. The average Bonchev–Trinajstić information content (AvgIpc) is 2.05. The maximum Gasteiger partial charge on any atom is 0.217 e. The molecule has 1 saturated heterocycles. The van der Waals surface area contributed by atoms with Crippen molar-refractivity contribution in [3.05, 3.63) is 0 Å². The molecule has 0 aromatic rings. The third-order valence-corrected chi connectivity index (χ3v) is 1.71. The topological polar surface area (TPSA) is 55.8 Å². The zero-order chi connectivity index (χ0) is 8.27. The lowest BCUT2D eigenvalue weighted by atomic mass is 10.1. The molecule has 2 atom stereocenters. The molecule has 4 nitrogen and oxygen atoms in total. The Morgan fingerprint density at radius 2 is 2.55 bits per heavy atom. The molecule has 1 aliphatic heterocycles. The smallest absolute Gasteiger partial charge is 0.217 e. The number of carbonyl (C=O) groups is 1. The van der Waals surface area contributed by atoms with Gasteiger partial charge in [0.1, 0.15) is 0 Å². The van der Waals surface area contributed by atoms with E-state index >= 15 is 0 Å². The molecule has 4 heteroatoms. The highest BCUT2D eigenvalue weighted by Crippen LogP contribution is 2.15. The molecule has 0 unspecified atom stereocenters. The van der Waals surface area contributed by atoms with Crippen molar-refractivity contribution < 1.29 is 19.4 Å². The highest BCUT2D eigenvalue weighted by molar-refractivity contribution is 5.82. The van der Waals surface area contributed by atoms with E-state index in [2.05, 4.69) is 0 Å². The van der Waals surface area contributed by atoms with E-state index in [4.69, 9.17) is 14.6 Å². The van der Waals surface area contributed by atoms with E-state index in [0.29, 0.717) is 12.8 Å². The summed E-state index contributed by atoms with van der Waals surface area (Å²) in [6.07, 6.45) is 0.0254. The van der Waals surface area contributed by atoms with Gasteiger partial charge in [-0.3, -0.25) is 4.79 Å². The molecule has 0 aromatic carbocycles. The Morgan fingerprint density at radius 3 is 3.09 bits per heavy atom. The van der Waals surface area contributed by atoms with Crippen LogP contribution < -0.4 is 0 Å². The van der Waals surface area contributed by atoms with E-state index in [9.17, 15) is 4.79 Å². The van der Waals surface area contributed by atoms with Gasteiger partial charge in [0.2, 0.25) is 6.29 Å². The van der Waals surface area contributed by atoms with Crippen LogP contribution in [0, 0.1) is 0 Å². The van der Waals surface area contributed by atoms with Gasteiger partial charge in [-0.15, -0.1) is 0 Å². The maximum atomic E-state index is 11.0. The lowest BCUT2D eigenvalue weighted by molar-refractivity contribution is -0.192. The van der Waals surface area contributed by atoms with Crippen LogP contribution in [0.2, 0.25) is 0 Å². The maximum absolute atomic E-state index is 11.0. The number of aliphatic hydroxyl groups is 1. The number of ether oxygens (including phenoxy) is 2. The molecule has 0 bridgehead atoms. The van der Waals surface area contributed by atoms with Crippen molar-refractivity contribution in [2.45, 2.75) is 25.2 Å². The van der Waals surface area contributed by atoms with Gasteiger partial charge in [0.15, 0.2) is 5.78 Å². The fourth-order valence-corrected chi connectivity index (χ4v) is 1.06. The Labute approximate surface area is 65.1 Å². The summed E-state index contributed by atoms with van der Waals surface area (Å²) < 4.78 is 9.83. The van der Waals surface area contributed by atoms with Gasteiger partial charge in [-0.1, -0.05) is 0 Å². The largest absolute Gasteiger partial charge is 0.394 e. The van der Waals surface area contributed by atoms with Crippen LogP contribution in [-0.2, 0) is 14.3 Å². The first-order valence-corrected chi connectivity index (χ1v) is 3.59. The van der Waals surface area contributed by atoms with E-state index < -0.39 is 6.29 Å². The number of aliphatic hydroxyl groups excluding tert-OH is 1. The molecule has 1 heterocycles. The predicted octanol–water partition coefficient (Wildman–Crippen LogP) is -0.301. The summed E-state index contributed by atoms with van der Waals surface area (Å²) in [6.45, 7) is -0.0485. The molecule has 1 rings (SSSR count). The molecular weight excluding hydrogens is 148 g/mol. The van der Waals surface area contributed by atoms with Gasteiger partial charge in [0.05, 0.1) is 12.7 Å². The van der Waals surface area contributed by atoms with Gasteiger partial charge in [0, 0.05) is 13.5 Å². The number of hydrogen-bond donors (Lipinski definition) is 1. The molecule has 64 valence electrons. The third kappa shape index (κ3) is 1.99. The standard InChI is InChI=1S/C7H12O4/c1-10-7-6(9)3-2-5(4-8)11-7/h5,7-8H,2-4H2,1H3/t5-,7-/m1/s1. The molecule has 0 aliphatic carbocycles. The van der Waals surface area contributed by atoms with Gasteiger partial charge in [-0.2, -0.15) is 0 Å². The van der Waals surface area contributed by atoms with Crippen molar-refractivity contribution in [2.24, 2.45) is 0 Å². The highest BCUT2D eigenvalue weighted by Gasteiger charge is 2.28. The Kier molecular flexibility index (Phi) is 2.99.